The molecule has 2 rings (SSSR count). The van der Waals surface area contributed by atoms with E-state index in [0.717, 1.165) is 16.3 Å². The Kier molecular flexibility index (Phi) is 5.47. The minimum atomic E-state index is -0.935. The third kappa shape index (κ3) is 3.95. The van der Waals surface area contributed by atoms with E-state index in [-0.39, 0.29) is 5.57 Å². The van der Waals surface area contributed by atoms with Crippen molar-refractivity contribution < 1.29 is 15.1 Å². The van der Waals surface area contributed by atoms with Crippen molar-refractivity contribution in [3.05, 3.63) is 60.2 Å². The summed E-state index contributed by atoms with van der Waals surface area (Å²) in [6.45, 7) is 6.40. The van der Waals surface area contributed by atoms with Gasteiger partial charge in [0.1, 0.15) is 0 Å². The molecule has 0 saturated carbocycles. The first-order valence-electron chi connectivity index (χ1n) is 6.03. The lowest BCUT2D eigenvalue weighted by molar-refractivity contribution is -0.132. The third-order valence-electron chi connectivity index (χ3n) is 2.69. The van der Waals surface area contributed by atoms with Gasteiger partial charge in [-0.05, 0) is 24.6 Å². The minimum Gasteiger partial charge on any atom is -0.478 e. The van der Waals surface area contributed by atoms with Gasteiger partial charge in [0.2, 0.25) is 0 Å². The molecule has 0 aliphatic carbocycles. The third-order valence-corrected chi connectivity index (χ3v) is 2.69. The Morgan fingerprint density at radius 3 is 2.20 bits per heavy atom. The molecular formula is C16H17NO3. The van der Waals surface area contributed by atoms with Crippen LogP contribution in [0.25, 0.3) is 10.8 Å². The van der Waals surface area contributed by atoms with Crippen molar-refractivity contribution in [3.8, 4) is 0 Å². The van der Waals surface area contributed by atoms with E-state index in [2.05, 4.69) is 11.7 Å². The SMILES string of the molecule is C=C(C)C(=O)O.CC(=NO)c1cccc2ccccc12. The Labute approximate surface area is 117 Å². The summed E-state index contributed by atoms with van der Waals surface area (Å²) in [5.74, 6) is -0.935. The van der Waals surface area contributed by atoms with E-state index in [1.807, 2.05) is 42.5 Å². The smallest absolute Gasteiger partial charge is 0.330 e. The molecule has 2 aromatic rings. The van der Waals surface area contributed by atoms with E-state index in [9.17, 15) is 4.79 Å². The average molecular weight is 271 g/mol. The van der Waals surface area contributed by atoms with Crippen molar-refractivity contribution in [1.82, 2.24) is 0 Å². The highest BCUT2D eigenvalue weighted by Crippen LogP contribution is 2.18. The summed E-state index contributed by atoms with van der Waals surface area (Å²) >= 11 is 0. The van der Waals surface area contributed by atoms with Gasteiger partial charge in [-0.1, -0.05) is 54.2 Å². The second kappa shape index (κ2) is 7.09. The molecule has 4 heteroatoms. The van der Waals surface area contributed by atoms with E-state index in [4.69, 9.17) is 10.3 Å². The molecule has 0 spiro atoms. The number of nitrogens with zero attached hydrogens (tertiary/aromatic N) is 1. The lowest BCUT2D eigenvalue weighted by Gasteiger charge is -2.03. The van der Waals surface area contributed by atoms with Crippen molar-refractivity contribution in [3.63, 3.8) is 0 Å². The van der Waals surface area contributed by atoms with Crippen LogP contribution in [0.1, 0.15) is 19.4 Å². The molecule has 2 N–H and O–H groups in total. The lowest BCUT2D eigenvalue weighted by Crippen LogP contribution is -1.95. The van der Waals surface area contributed by atoms with Gasteiger partial charge in [-0.3, -0.25) is 0 Å². The van der Waals surface area contributed by atoms with Crippen LogP contribution in [0, 0.1) is 0 Å². The van der Waals surface area contributed by atoms with E-state index in [1.54, 1.807) is 6.92 Å². The molecule has 0 aliphatic rings. The zero-order valence-electron chi connectivity index (χ0n) is 11.5. The Bertz CT molecular complexity index is 642. The zero-order chi connectivity index (χ0) is 15.1. The van der Waals surface area contributed by atoms with Gasteiger partial charge in [0.25, 0.3) is 0 Å². The monoisotopic (exact) mass is 271 g/mol. The second-order valence-corrected chi connectivity index (χ2v) is 4.30. The highest BCUT2D eigenvalue weighted by atomic mass is 16.4. The summed E-state index contributed by atoms with van der Waals surface area (Å²) in [7, 11) is 0. The summed E-state index contributed by atoms with van der Waals surface area (Å²) in [5.41, 5.74) is 1.79. The Hall–Kier alpha value is -2.62. The van der Waals surface area contributed by atoms with E-state index in [0.29, 0.717) is 5.71 Å². The minimum absolute atomic E-state index is 0.176. The number of hydrogen-bond acceptors (Lipinski definition) is 3. The van der Waals surface area contributed by atoms with Gasteiger partial charge >= 0.3 is 5.97 Å². The van der Waals surface area contributed by atoms with Crippen LogP contribution < -0.4 is 0 Å². The van der Waals surface area contributed by atoms with Crippen LogP contribution in [0.4, 0.5) is 0 Å². The Morgan fingerprint density at radius 1 is 1.10 bits per heavy atom. The molecule has 0 heterocycles. The molecule has 0 aromatic heterocycles. The van der Waals surface area contributed by atoms with Crippen LogP contribution in [0.5, 0.6) is 0 Å². The van der Waals surface area contributed by atoms with E-state index >= 15 is 0 Å². The number of hydrogen-bond donors (Lipinski definition) is 2. The first-order chi connectivity index (χ1) is 9.47. The highest BCUT2D eigenvalue weighted by molar-refractivity contribution is 6.09. The van der Waals surface area contributed by atoms with E-state index in [1.165, 1.54) is 6.92 Å². The number of benzene rings is 2. The fraction of sp³-hybridized carbons (Fsp3) is 0.125. The standard InChI is InChI=1S/C12H11NO.C4H6O2/c1-9(13-14)11-8-4-6-10-5-2-3-7-12(10)11;1-3(2)4(5)6/h2-8,14H,1H3;1H2,2H3,(H,5,6). The number of carboxylic acid groups (broad SMARTS) is 1. The molecule has 104 valence electrons. The van der Waals surface area contributed by atoms with E-state index < -0.39 is 5.97 Å². The quantitative estimate of drug-likeness (QED) is 0.379. The molecule has 0 saturated heterocycles. The van der Waals surface area contributed by atoms with Gasteiger partial charge in [-0.25, -0.2) is 4.79 Å². The molecule has 0 radical (unpaired) electrons. The fourth-order valence-electron chi connectivity index (χ4n) is 1.59. The average Bonchev–Trinajstić information content (AvgIpc) is 2.46. The predicted molar refractivity (Wildman–Crippen MR) is 80.4 cm³/mol. The van der Waals surface area contributed by atoms with Gasteiger partial charge in [-0.15, -0.1) is 0 Å². The molecular weight excluding hydrogens is 254 g/mol. The number of fused-ring (bicyclic) bond motifs is 1. The molecule has 0 atom stereocenters. The van der Waals surface area contributed by atoms with Crippen LogP contribution in [0.2, 0.25) is 0 Å². The van der Waals surface area contributed by atoms with Crippen LogP contribution in [-0.4, -0.2) is 22.0 Å². The van der Waals surface area contributed by atoms with Crippen molar-refractivity contribution in [2.75, 3.05) is 0 Å². The van der Waals surface area contributed by atoms with Gasteiger partial charge in [0.15, 0.2) is 0 Å². The number of carbonyl (C=O) groups is 1. The van der Waals surface area contributed by atoms with Crippen LogP contribution in [0.3, 0.4) is 0 Å². The Balaban J connectivity index is 0.000000286. The van der Waals surface area contributed by atoms with Gasteiger partial charge in [0, 0.05) is 11.1 Å². The maximum absolute atomic E-state index is 9.60. The van der Waals surface area contributed by atoms with Crippen molar-refractivity contribution >= 4 is 22.5 Å². The summed E-state index contributed by atoms with van der Waals surface area (Å²) in [6.07, 6.45) is 0. The summed E-state index contributed by atoms with van der Waals surface area (Å²) in [4.78, 5) is 9.60. The molecule has 0 aliphatic heterocycles. The maximum Gasteiger partial charge on any atom is 0.330 e. The van der Waals surface area contributed by atoms with Gasteiger partial charge < -0.3 is 10.3 Å². The summed E-state index contributed by atoms with van der Waals surface area (Å²) in [5, 5.41) is 22.1. The molecule has 4 nitrogen and oxygen atoms in total. The number of carboxylic acids is 1. The van der Waals surface area contributed by atoms with Crippen molar-refractivity contribution in [1.29, 1.82) is 0 Å². The van der Waals surface area contributed by atoms with Crippen molar-refractivity contribution in [2.45, 2.75) is 13.8 Å². The van der Waals surface area contributed by atoms with Crippen LogP contribution in [0.15, 0.2) is 59.8 Å². The van der Waals surface area contributed by atoms with Crippen LogP contribution >= 0.6 is 0 Å². The van der Waals surface area contributed by atoms with Gasteiger partial charge in [-0.2, -0.15) is 0 Å². The second-order valence-electron chi connectivity index (χ2n) is 4.30. The number of oxime groups is 1. The summed E-state index contributed by atoms with van der Waals surface area (Å²) in [6, 6.07) is 14.0. The number of aliphatic carboxylic acids is 1. The molecule has 0 fully saturated rings. The normalized spacial score (nSPS) is 10.6. The van der Waals surface area contributed by atoms with Crippen molar-refractivity contribution in [2.24, 2.45) is 5.16 Å². The highest BCUT2D eigenvalue weighted by Gasteiger charge is 2.02. The lowest BCUT2D eigenvalue weighted by atomic mass is 10.0. The predicted octanol–water partition coefficient (Wildman–Crippen LogP) is 3.69. The fourth-order valence-corrected chi connectivity index (χ4v) is 1.59. The first kappa shape index (κ1) is 15.4. The molecule has 20 heavy (non-hydrogen) atoms. The van der Waals surface area contributed by atoms with Gasteiger partial charge in [0.05, 0.1) is 5.71 Å². The van der Waals surface area contributed by atoms with Crippen LogP contribution in [-0.2, 0) is 4.79 Å². The number of rotatable bonds is 2. The molecule has 0 amide bonds. The summed E-state index contributed by atoms with van der Waals surface area (Å²) < 4.78 is 0. The molecule has 2 aromatic carbocycles. The largest absolute Gasteiger partial charge is 0.478 e. The molecule has 0 bridgehead atoms. The molecule has 0 unspecified atom stereocenters. The zero-order valence-corrected chi connectivity index (χ0v) is 11.5. The Morgan fingerprint density at radius 2 is 1.65 bits per heavy atom. The topological polar surface area (TPSA) is 69.9 Å². The first-order valence-corrected chi connectivity index (χ1v) is 6.03. The maximum atomic E-state index is 9.60.